The summed E-state index contributed by atoms with van der Waals surface area (Å²) in [5.41, 5.74) is 8.42. The van der Waals surface area contributed by atoms with Gasteiger partial charge in [-0.15, -0.1) is 0 Å². The van der Waals surface area contributed by atoms with Crippen molar-refractivity contribution >= 4 is 27.7 Å². The summed E-state index contributed by atoms with van der Waals surface area (Å²) in [4.78, 5) is 25.8. The summed E-state index contributed by atoms with van der Waals surface area (Å²) < 4.78 is 38.7. The zero-order valence-electron chi connectivity index (χ0n) is 25.5. The van der Waals surface area contributed by atoms with Gasteiger partial charge in [0.05, 0.1) is 36.6 Å². The normalized spacial score (nSPS) is 14.3. The summed E-state index contributed by atoms with van der Waals surface area (Å²) in [6.45, 7) is -0.343. The number of nitrogen functional groups attached to an aromatic ring is 1. The maximum atomic E-state index is 13.0. The van der Waals surface area contributed by atoms with Crippen LogP contribution in [0.1, 0.15) is 60.6 Å². The van der Waals surface area contributed by atoms with E-state index < -0.39 is 28.1 Å². The summed E-state index contributed by atoms with van der Waals surface area (Å²) in [6, 6.07) is 18.6. The molecule has 2 amide bonds. The van der Waals surface area contributed by atoms with Crippen LogP contribution in [0.3, 0.4) is 0 Å². The summed E-state index contributed by atoms with van der Waals surface area (Å²) in [6.07, 6.45) is 2.54. The lowest BCUT2D eigenvalue weighted by Crippen LogP contribution is -2.36. The smallest absolute Gasteiger partial charge is 0.407 e. The van der Waals surface area contributed by atoms with Gasteiger partial charge in [0, 0.05) is 12.3 Å². The number of carbonyl (C=O) groups is 2. The van der Waals surface area contributed by atoms with Gasteiger partial charge in [-0.2, -0.15) is 0 Å². The highest BCUT2D eigenvalue weighted by Crippen LogP contribution is 2.32. The number of carboxylic acid groups (broad SMARTS) is 1. The Hall–Kier alpha value is -4.33. The number of carbonyl (C=O) groups excluding carboxylic acids is 1. The first kappa shape index (κ1) is 34.5. The molecule has 0 unspecified atom stereocenters. The lowest BCUT2D eigenvalue weighted by molar-refractivity contribution is 0.0894. The highest BCUT2D eigenvalue weighted by molar-refractivity contribution is 7.90. The Labute approximate surface area is 268 Å². The number of rotatable bonds is 15. The number of nitrogens with two attached hydrogens (primary N) is 1. The zero-order valence-corrected chi connectivity index (χ0v) is 26.3. The summed E-state index contributed by atoms with van der Waals surface area (Å²) in [7, 11) is -3.93. The summed E-state index contributed by atoms with van der Waals surface area (Å²) in [5, 5.41) is 29.1. The molecule has 1 fully saturated rings. The van der Waals surface area contributed by atoms with Gasteiger partial charge >= 0.3 is 6.09 Å². The van der Waals surface area contributed by atoms with E-state index in [0.29, 0.717) is 17.0 Å². The number of nitrogens with zero attached hydrogens (tertiary/aromatic N) is 1. The minimum atomic E-state index is -3.93. The van der Waals surface area contributed by atoms with E-state index in [2.05, 4.69) is 4.72 Å². The van der Waals surface area contributed by atoms with Crippen LogP contribution >= 0.6 is 0 Å². The molecule has 1 saturated carbocycles. The molecular formula is C33H41N3O9S. The van der Waals surface area contributed by atoms with Crippen LogP contribution in [0.25, 0.3) is 11.1 Å². The van der Waals surface area contributed by atoms with Crippen LogP contribution in [0, 0.1) is 0 Å². The molecule has 0 aromatic heterocycles. The molecule has 248 valence electrons. The van der Waals surface area contributed by atoms with Gasteiger partial charge < -0.3 is 35.4 Å². The molecule has 12 nitrogen and oxygen atoms in total. The van der Waals surface area contributed by atoms with E-state index in [-0.39, 0.29) is 55.9 Å². The predicted molar refractivity (Wildman–Crippen MR) is 173 cm³/mol. The van der Waals surface area contributed by atoms with Gasteiger partial charge in [0.15, 0.2) is 0 Å². The van der Waals surface area contributed by atoms with E-state index in [1.165, 1.54) is 6.07 Å². The molecule has 0 aliphatic heterocycles. The zero-order chi connectivity index (χ0) is 33.1. The van der Waals surface area contributed by atoms with Crippen LogP contribution in [-0.2, 0) is 10.0 Å². The third-order valence-electron chi connectivity index (χ3n) is 7.69. The maximum Gasteiger partial charge on any atom is 0.407 e. The standard InChI is InChI=1S/C33H41N3O9S/c34-26-12-7-24(8-13-26)30(38)22-36(33(40)41)17-19-44-27-14-9-23(10-15-27)25-11-16-29(32(39)35-46(42,43)20-4-18-37)31(21-25)45-28-5-2-1-3-6-28/h7-16,21,28,30,37-38H,1-6,17-20,22,34H2,(H,35,39)(H,40,41)/t30-/m1/s1. The van der Waals surface area contributed by atoms with Gasteiger partial charge in [-0.1, -0.05) is 36.8 Å². The highest BCUT2D eigenvalue weighted by Gasteiger charge is 2.23. The average Bonchev–Trinajstić information content (AvgIpc) is 3.04. The minimum absolute atomic E-state index is 0.0121. The monoisotopic (exact) mass is 655 g/mol. The van der Waals surface area contributed by atoms with Crippen LogP contribution < -0.4 is 19.9 Å². The first-order valence-corrected chi connectivity index (χ1v) is 16.9. The van der Waals surface area contributed by atoms with Crippen LogP contribution in [-0.4, -0.2) is 78.8 Å². The Morgan fingerprint density at radius 2 is 1.65 bits per heavy atom. The Balaban J connectivity index is 1.42. The SMILES string of the molecule is Nc1ccc([C@H](O)CN(CCOc2ccc(-c3ccc(C(=O)NS(=O)(=O)CCCO)c(OC4CCCCC4)c3)cc2)C(=O)O)cc1. The molecule has 0 radical (unpaired) electrons. The molecule has 0 bridgehead atoms. The fraction of sp³-hybridized carbons (Fsp3) is 0.394. The number of anilines is 1. The fourth-order valence-corrected chi connectivity index (χ4v) is 6.17. The van der Waals surface area contributed by atoms with Crippen LogP contribution in [0.5, 0.6) is 11.5 Å². The molecule has 3 aromatic rings. The predicted octanol–water partition coefficient (Wildman–Crippen LogP) is 4.18. The van der Waals surface area contributed by atoms with E-state index in [1.807, 2.05) is 12.1 Å². The van der Waals surface area contributed by atoms with Gasteiger partial charge in [0.25, 0.3) is 5.91 Å². The largest absolute Gasteiger partial charge is 0.492 e. The quantitative estimate of drug-likeness (QED) is 0.149. The minimum Gasteiger partial charge on any atom is -0.492 e. The Bertz CT molecular complexity index is 1560. The second-order valence-electron chi connectivity index (χ2n) is 11.2. The first-order valence-electron chi connectivity index (χ1n) is 15.3. The van der Waals surface area contributed by atoms with Crippen LogP contribution in [0.2, 0.25) is 0 Å². The number of ether oxygens (including phenoxy) is 2. The van der Waals surface area contributed by atoms with E-state index in [0.717, 1.165) is 48.1 Å². The molecule has 46 heavy (non-hydrogen) atoms. The number of hydrogen-bond acceptors (Lipinski definition) is 9. The molecule has 13 heteroatoms. The van der Waals surface area contributed by atoms with Crippen LogP contribution in [0.15, 0.2) is 66.7 Å². The third-order valence-corrected chi connectivity index (χ3v) is 9.02. The Kier molecular flexibility index (Phi) is 12.2. The number of hydrogen-bond donors (Lipinski definition) is 5. The molecule has 1 aliphatic carbocycles. The van der Waals surface area contributed by atoms with E-state index in [9.17, 15) is 28.2 Å². The lowest BCUT2D eigenvalue weighted by atomic mass is 9.97. The Morgan fingerprint density at radius 1 is 0.978 bits per heavy atom. The van der Waals surface area contributed by atoms with Crippen molar-refractivity contribution in [2.75, 3.05) is 37.8 Å². The summed E-state index contributed by atoms with van der Waals surface area (Å²) >= 11 is 0. The van der Waals surface area contributed by atoms with Crippen molar-refractivity contribution in [3.8, 4) is 22.6 Å². The van der Waals surface area contributed by atoms with Crippen molar-refractivity contribution in [2.24, 2.45) is 0 Å². The van der Waals surface area contributed by atoms with Gasteiger partial charge in [-0.25, -0.2) is 17.9 Å². The van der Waals surface area contributed by atoms with Crippen molar-refractivity contribution in [3.05, 3.63) is 77.9 Å². The molecule has 6 N–H and O–H groups in total. The van der Waals surface area contributed by atoms with Crippen molar-refractivity contribution < 1.29 is 42.8 Å². The maximum absolute atomic E-state index is 13.0. The number of nitrogens with one attached hydrogen (secondary N) is 1. The molecular weight excluding hydrogens is 614 g/mol. The molecule has 1 aliphatic rings. The fourth-order valence-electron chi connectivity index (χ4n) is 5.17. The lowest BCUT2D eigenvalue weighted by Gasteiger charge is -2.24. The van der Waals surface area contributed by atoms with Crippen molar-refractivity contribution in [1.82, 2.24) is 9.62 Å². The van der Waals surface area contributed by atoms with Crippen molar-refractivity contribution in [1.29, 1.82) is 0 Å². The third kappa shape index (κ3) is 10.1. The second kappa shape index (κ2) is 16.3. The van der Waals surface area contributed by atoms with Crippen molar-refractivity contribution in [2.45, 2.75) is 50.7 Å². The number of sulfonamides is 1. The average molecular weight is 656 g/mol. The second-order valence-corrected chi connectivity index (χ2v) is 13.0. The molecule has 0 saturated heterocycles. The summed E-state index contributed by atoms with van der Waals surface area (Å²) in [5.74, 6) is -0.374. The van der Waals surface area contributed by atoms with Gasteiger partial charge in [-0.05, 0) is 85.2 Å². The highest BCUT2D eigenvalue weighted by atomic mass is 32.2. The van der Waals surface area contributed by atoms with Gasteiger partial charge in [0.2, 0.25) is 10.0 Å². The van der Waals surface area contributed by atoms with Gasteiger partial charge in [-0.3, -0.25) is 4.79 Å². The van der Waals surface area contributed by atoms with E-state index in [1.54, 1.807) is 48.5 Å². The first-order chi connectivity index (χ1) is 22.0. The topological polar surface area (TPSA) is 189 Å². The molecule has 4 rings (SSSR count). The molecule has 0 spiro atoms. The van der Waals surface area contributed by atoms with E-state index in [4.69, 9.17) is 20.3 Å². The van der Waals surface area contributed by atoms with Crippen LogP contribution in [0.4, 0.5) is 10.5 Å². The number of amides is 2. The van der Waals surface area contributed by atoms with Crippen molar-refractivity contribution in [3.63, 3.8) is 0 Å². The molecule has 1 atom stereocenters. The van der Waals surface area contributed by atoms with Gasteiger partial charge in [0.1, 0.15) is 18.1 Å². The number of aliphatic hydroxyl groups is 2. The number of aliphatic hydroxyl groups excluding tert-OH is 2. The van der Waals surface area contributed by atoms with E-state index >= 15 is 0 Å². The number of benzene rings is 3. The molecule has 0 heterocycles. The Morgan fingerprint density at radius 3 is 2.30 bits per heavy atom. The molecule has 3 aromatic carbocycles.